The van der Waals surface area contributed by atoms with Crippen LogP contribution in [0.5, 0.6) is 0 Å². The van der Waals surface area contributed by atoms with Crippen LogP contribution in [-0.4, -0.2) is 49.8 Å². The predicted molar refractivity (Wildman–Crippen MR) is 66.8 cm³/mol. The predicted octanol–water partition coefficient (Wildman–Crippen LogP) is 0.822. The van der Waals surface area contributed by atoms with E-state index in [-0.39, 0.29) is 0 Å². The maximum Gasteiger partial charge on any atom is 0.0413 e. The van der Waals surface area contributed by atoms with Crippen molar-refractivity contribution in [2.75, 3.05) is 33.7 Å². The van der Waals surface area contributed by atoms with Crippen molar-refractivity contribution in [2.45, 2.75) is 38.1 Å². The van der Waals surface area contributed by atoms with Crippen LogP contribution in [0, 0.1) is 5.92 Å². The lowest BCUT2D eigenvalue weighted by Gasteiger charge is -2.45. The number of nitrogens with zero attached hydrogens (tertiary/aromatic N) is 2. The number of hydrazine groups is 2. The SMILES string of the molecule is CNN1CCN(NC)C(C2CCCCC2)C1. The van der Waals surface area contributed by atoms with Crippen LogP contribution in [0.3, 0.4) is 0 Å². The van der Waals surface area contributed by atoms with Crippen molar-refractivity contribution < 1.29 is 0 Å². The van der Waals surface area contributed by atoms with E-state index in [4.69, 9.17) is 0 Å². The normalized spacial score (nSPS) is 30.8. The molecular weight excluding hydrogens is 200 g/mol. The Balaban J connectivity index is 1.95. The Kier molecular flexibility index (Phi) is 4.58. The number of hydrogen-bond donors (Lipinski definition) is 2. The van der Waals surface area contributed by atoms with Gasteiger partial charge in [0, 0.05) is 25.7 Å². The average molecular weight is 226 g/mol. The first-order chi connectivity index (χ1) is 7.85. The van der Waals surface area contributed by atoms with Crippen LogP contribution in [0.25, 0.3) is 0 Å². The van der Waals surface area contributed by atoms with Gasteiger partial charge in [-0.15, -0.1) is 0 Å². The zero-order valence-electron chi connectivity index (χ0n) is 10.7. The maximum atomic E-state index is 3.37. The lowest BCUT2D eigenvalue weighted by Crippen LogP contribution is -2.61. The van der Waals surface area contributed by atoms with Gasteiger partial charge in [-0.3, -0.25) is 10.9 Å². The van der Waals surface area contributed by atoms with Crippen LogP contribution in [0.2, 0.25) is 0 Å². The molecule has 94 valence electrons. The molecule has 1 aliphatic carbocycles. The fourth-order valence-corrected chi connectivity index (χ4v) is 3.21. The molecule has 16 heavy (non-hydrogen) atoms. The summed E-state index contributed by atoms with van der Waals surface area (Å²) in [6, 6.07) is 0.687. The van der Waals surface area contributed by atoms with Crippen molar-refractivity contribution in [3.63, 3.8) is 0 Å². The molecule has 2 aliphatic rings. The van der Waals surface area contributed by atoms with Gasteiger partial charge >= 0.3 is 0 Å². The standard InChI is InChI=1S/C12H26N4/c1-13-15-8-9-16(14-2)12(10-15)11-6-4-3-5-7-11/h11-14H,3-10H2,1-2H3. The van der Waals surface area contributed by atoms with E-state index in [0.29, 0.717) is 6.04 Å². The van der Waals surface area contributed by atoms with Crippen molar-refractivity contribution >= 4 is 0 Å². The zero-order valence-corrected chi connectivity index (χ0v) is 10.7. The highest BCUT2D eigenvalue weighted by atomic mass is 15.6. The Morgan fingerprint density at radius 1 is 0.938 bits per heavy atom. The van der Waals surface area contributed by atoms with Crippen LogP contribution < -0.4 is 10.9 Å². The summed E-state index contributed by atoms with van der Waals surface area (Å²) < 4.78 is 0. The minimum atomic E-state index is 0.687. The molecule has 0 aromatic heterocycles. The van der Waals surface area contributed by atoms with Crippen molar-refractivity contribution in [2.24, 2.45) is 5.92 Å². The molecule has 2 fully saturated rings. The highest BCUT2D eigenvalue weighted by Gasteiger charge is 2.32. The molecule has 1 unspecified atom stereocenters. The number of hydrogen-bond acceptors (Lipinski definition) is 4. The second-order valence-electron chi connectivity index (χ2n) is 5.05. The van der Waals surface area contributed by atoms with Crippen molar-refractivity contribution in [1.29, 1.82) is 0 Å². The lowest BCUT2D eigenvalue weighted by molar-refractivity contribution is -0.0137. The molecule has 0 spiro atoms. The maximum absolute atomic E-state index is 3.37. The number of rotatable bonds is 3. The largest absolute Gasteiger partial charge is 0.258 e. The van der Waals surface area contributed by atoms with E-state index in [1.807, 2.05) is 7.05 Å². The average Bonchev–Trinajstić information content (AvgIpc) is 2.39. The summed E-state index contributed by atoms with van der Waals surface area (Å²) in [4.78, 5) is 0. The summed E-state index contributed by atoms with van der Waals surface area (Å²) in [5, 5.41) is 4.80. The Hall–Kier alpha value is -0.160. The van der Waals surface area contributed by atoms with Gasteiger partial charge in [-0.1, -0.05) is 19.3 Å². The third-order valence-electron chi connectivity index (χ3n) is 4.22. The molecule has 1 saturated carbocycles. The monoisotopic (exact) mass is 226 g/mol. The highest BCUT2D eigenvalue weighted by Crippen LogP contribution is 2.29. The topological polar surface area (TPSA) is 30.5 Å². The lowest BCUT2D eigenvalue weighted by atomic mass is 9.83. The first kappa shape index (κ1) is 12.3. The third kappa shape index (κ3) is 2.74. The van der Waals surface area contributed by atoms with Crippen molar-refractivity contribution in [1.82, 2.24) is 20.9 Å². The molecule has 0 amide bonds. The first-order valence-electron chi connectivity index (χ1n) is 6.71. The molecule has 0 aromatic carbocycles. The van der Waals surface area contributed by atoms with Crippen molar-refractivity contribution in [3.05, 3.63) is 0 Å². The molecule has 0 radical (unpaired) electrons. The summed E-state index contributed by atoms with van der Waals surface area (Å²) in [5.41, 5.74) is 6.67. The smallest absolute Gasteiger partial charge is 0.0413 e. The molecule has 2 N–H and O–H groups in total. The number of piperazine rings is 1. The van der Waals surface area contributed by atoms with E-state index >= 15 is 0 Å². The molecular formula is C12H26N4. The Morgan fingerprint density at radius 3 is 2.31 bits per heavy atom. The molecule has 0 bridgehead atoms. The Morgan fingerprint density at radius 2 is 1.69 bits per heavy atom. The van der Waals surface area contributed by atoms with Gasteiger partial charge in [0.15, 0.2) is 0 Å². The summed E-state index contributed by atoms with van der Waals surface area (Å²) in [6.07, 6.45) is 7.13. The molecule has 1 aliphatic heterocycles. The van der Waals surface area contributed by atoms with Gasteiger partial charge in [0.1, 0.15) is 0 Å². The Labute approximate surface area is 99.3 Å². The van der Waals surface area contributed by atoms with E-state index in [1.165, 1.54) is 32.1 Å². The minimum Gasteiger partial charge on any atom is -0.258 e. The van der Waals surface area contributed by atoms with Crippen LogP contribution >= 0.6 is 0 Å². The second-order valence-corrected chi connectivity index (χ2v) is 5.05. The van der Waals surface area contributed by atoms with Gasteiger partial charge in [0.2, 0.25) is 0 Å². The molecule has 4 heteroatoms. The van der Waals surface area contributed by atoms with E-state index in [9.17, 15) is 0 Å². The highest BCUT2D eigenvalue weighted by molar-refractivity contribution is 4.85. The van der Waals surface area contributed by atoms with Gasteiger partial charge < -0.3 is 0 Å². The third-order valence-corrected chi connectivity index (χ3v) is 4.22. The molecule has 1 heterocycles. The van der Waals surface area contributed by atoms with Gasteiger partial charge in [-0.05, 0) is 32.9 Å². The van der Waals surface area contributed by atoms with E-state index in [2.05, 4.69) is 27.9 Å². The van der Waals surface area contributed by atoms with Crippen LogP contribution in [0.15, 0.2) is 0 Å². The summed E-state index contributed by atoms with van der Waals surface area (Å²) in [5.74, 6) is 0.886. The first-order valence-corrected chi connectivity index (χ1v) is 6.71. The van der Waals surface area contributed by atoms with Gasteiger partial charge in [-0.2, -0.15) is 0 Å². The molecule has 1 saturated heterocycles. The minimum absolute atomic E-state index is 0.687. The zero-order chi connectivity index (χ0) is 11.4. The van der Waals surface area contributed by atoms with Crippen LogP contribution in [-0.2, 0) is 0 Å². The summed E-state index contributed by atoms with van der Waals surface area (Å²) >= 11 is 0. The quantitative estimate of drug-likeness (QED) is 0.746. The van der Waals surface area contributed by atoms with E-state index in [0.717, 1.165) is 25.6 Å². The summed E-state index contributed by atoms with van der Waals surface area (Å²) in [6.45, 7) is 3.39. The van der Waals surface area contributed by atoms with Crippen molar-refractivity contribution in [3.8, 4) is 0 Å². The van der Waals surface area contributed by atoms with E-state index in [1.54, 1.807) is 0 Å². The van der Waals surface area contributed by atoms with Gasteiger partial charge in [0.25, 0.3) is 0 Å². The number of nitrogens with one attached hydrogen (secondary N) is 2. The van der Waals surface area contributed by atoms with Gasteiger partial charge in [-0.25, -0.2) is 10.0 Å². The molecule has 1 atom stereocenters. The van der Waals surface area contributed by atoms with Crippen LogP contribution in [0.1, 0.15) is 32.1 Å². The summed E-state index contributed by atoms with van der Waals surface area (Å²) in [7, 11) is 4.10. The van der Waals surface area contributed by atoms with Crippen LogP contribution in [0.4, 0.5) is 0 Å². The van der Waals surface area contributed by atoms with Gasteiger partial charge in [0.05, 0.1) is 0 Å². The molecule has 4 nitrogen and oxygen atoms in total. The fraction of sp³-hybridized carbons (Fsp3) is 1.00. The van der Waals surface area contributed by atoms with E-state index < -0.39 is 0 Å². The molecule has 2 rings (SSSR count). The Bertz CT molecular complexity index is 203. The molecule has 0 aromatic rings. The fourth-order valence-electron chi connectivity index (χ4n) is 3.21. The second kappa shape index (κ2) is 5.96.